The number of hydrogen-bond donors (Lipinski definition) is 9. The van der Waals surface area contributed by atoms with Crippen LogP contribution in [-0.4, -0.2) is 91.1 Å². The molecule has 16 heteroatoms. The first kappa shape index (κ1) is 28.0. The zero-order chi connectivity index (χ0) is 26.0. The second-order valence-corrected chi connectivity index (χ2v) is 7.34. The molecule has 11 N–H and O–H groups in total. The van der Waals surface area contributed by atoms with Gasteiger partial charge in [0.15, 0.2) is 0 Å². The molecule has 0 fully saturated rings. The number of primary amides is 1. The third-order valence-electron chi connectivity index (χ3n) is 4.43. The van der Waals surface area contributed by atoms with E-state index in [2.05, 4.69) is 20.6 Å². The molecule has 0 bridgehead atoms. The van der Waals surface area contributed by atoms with Gasteiger partial charge in [-0.1, -0.05) is 0 Å². The van der Waals surface area contributed by atoms with E-state index in [1.54, 1.807) is 0 Å². The fourth-order valence-electron chi connectivity index (χ4n) is 2.71. The summed E-state index contributed by atoms with van der Waals surface area (Å²) < 4.78 is 0. The van der Waals surface area contributed by atoms with Crippen LogP contribution < -0.4 is 27.4 Å². The van der Waals surface area contributed by atoms with E-state index in [1.807, 2.05) is 5.32 Å². The minimum Gasteiger partial charge on any atom is -0.481 e. The predicted octanol–water partition coefficient (Wildman–Crippen LogP) is -4.45. The number of rotatable bonds is 14. The van der Waals surface area contributed by atoms with Crippen LogP contribution in [0.15, 0.2) is 12.5 Å². The number of H-pyrrole nitrogens is 1. The minimum absolute atomic E-state index is 0.176. The van der Waals surface area contributed by atoms with Gasteiger partial charge >= 0.3 is 11.9 Å². The van der Waals surface area contributed by atoms with E-state index in [9.17, 15) is 33.9 Å². The SMILES string of the molecule is CC(O)C(NC(=O)C(Cc1cnc[nH]1)NC(=O)C(N)CC(=O)O)C(=O)NC(CC(N)=O)C(=O)O. The number of nitrogens with two attached hydrogens (primary N) is 2. The molecule has 5 unspecified atom stereocenters. The summed E-state index contributed by atoms with van der Waals surface area (Å²) in [4.78, 5) is 77.2. The molecule has 1 rings (SSSR count). The molecule has 0 saturated carbocycles. The fraction of sp³-hybridized carbons (Fsp3) is 0.500. The van der Waals surface area contributed by atoms with Crippen molar-refractivity contribution in [3.8, 4) is 0 Å². The number of imidazole rings is 1. The molecular formula is C18H27N7O9. The lowest BCUT2D eigenvalue weighted by atomic mass is 10.1. The van der Waals surface area contributed by atoms with E-state index < -0.39 is 78.7 Å². The van der Waals surface area contributed by atoms with Gasteiger partial charge in [0.05, 0.1) is 31.3 Å². The Labute approximate surface area is 192 Å². The topological polar surface area (TPSA) is 280 Å². The average Bonchev–Trinajstić information content (AvgIpc) is 3.22. The quantitative estimate of drug-likeness (QED) is 0.121. The molecule has 1 aromatic heterocycles. The zero-order valence-corrected chi connectivity index (χ0v) is 18.1. The number of aliphatic hydroxyl groups excluding tert-OH is 1. The summed E-state index contributed by atoms with van der Waals surface area (Å²) in [7, 11) is 0. The van der Waals surface area contributed by atoms with Gasteiger partial charge in [-0.05, 0) is 6.92 Å². The minimum atomic E-state index is -1.71. The molecular weight excluding hydrogens is 458 g/mol. The molecule has 0 aliphatic carbocycles. The van der Waals surface area contributed by atoms with Crippen LogP contribution in [-0.2, 0) is 35.2 Å². The van der Waals surface area contributed by atoms with Crippen LogP contribution in [0.4, 0.5) is 0 Å². The third-order valence-corrected chi connectivity index (χ3v) is 4.43. The number of carboxylic acids is 2. The highest BCUT2D eigenvalue weighted by molar-refractivity contribution is 5.95. The fourth-order valence-corrected chi connectivity index (χ4v) is 2.71. The van der Waals surface area contributed by atoms with E-state index in [1.165, 1.54) is 12.5 Å². The molecule has 5 atom stereocenters. The van der Waals surface area contributed by atoms with Crippen molar-refractivity contribution in [3.05, 3.63) is 18.2 Å². The highest BCUT2D eigenvalue weighted by Crippen LogP contribution is 2.04. The maximum absolute atomic E-state index is 12.9. The van der Waals surface area contributed by atoms with E-state index in [0.29, 0.717) is 5.69 Å². The van der Waals surface area contributed by atoms with Gasteiger partial charge in [0.1, 0.15) is 18.1 Å². The van der Waals surface area contributed by atoms with Crippen LogP contribution in [0.3, 0.4) is 0 Å². The number of aliphatic carboxylic acids is 2. The van der Waals surface area contributed by atoms with Crippen molar-refractivity contribution in [2.75, 3.05) is 0 Å². The van der Waals surface area contributed by atoms with Crippen molar-refractivity contribution in [1.29, 1.82) is 0 Å². The number of aromatic nitrogens is 2. The molecule has 188 valence electrons. The van der Waals surface area contributed by atoms with Gasteiger partial charge in [-0.25, -0.2) is 9.78 Å². The maximum atomic E-state index is 12.9. The monoisotopic (exact) mass is 485 g/mol. The molecule has 0 aliphatic rings. The summed E-state index contributed by atoms with van der Waals surface area (Å²) in [6, 6.07) is -6.26. The number of carboxylic acid groups (broad SMARTS) is 2. The third kappa shape index (κ3) is 9.21. The summed E-state index contributed by atoms with van der Waals surface area (Å²) in [5.74, 6) is -7.00. The lowest BCUT2D eigenvalue weighted by Crippen LogP contribution is -2.60. The van der Waals surface area contributed by atoms with Crippen LogP contribution in [0.1, 0.15) is 25.5 Å². The Morgan fingerprint density at radius 3 is 2.09 bits per heavy atom. The lowest BCUT2D eigenvalue weighted by molar-refractivity contribution is -0.144. The first-order valence-electron chi connectivity index (χ1n) is 9.86. The van der Waals surface area contributed by atoms with Crippen molar-refractivity contribution >= 4 is 35.6 Å². The van der Waals surface area contributed by atoms with Crippen molar-refractivity contribution in [2.24, 2.45) is 11.5 Å². The standard InChI is InChI=1S/C18H27N7O9/c1-7(26)14(17(32)24-11(18(33)34)4-12(20)27)25-16(31)10(2-8-5-21-6-22-8)23-15(30)9(19)3-13(28)29/h5-7,9-11,14,26H,2-4,19H2,1H3,(H2,20,27)(H,21,22)(H,23,30)(H,24,32)(H,25,31)(H,28,29)(H,33,34). The van der Waals surface area contributed by atoms with Gasteiger partial charge in [-0.15, -0.1) is 0 Å². The Bertz CT molecular complexity index is 904. The van der Waals surface area contributed by atoms with E-state index in [4.69, 9.17) is 21.7 Å². The molecule has 1 aromatic rings. The largest absolute Gasteiger partial charge is 0.481 e. The summed E-state index contributed by atoms with van der Waals surface area (Å²) in [5, 5.41) is 34.4. The van der Waals surface area contributed by atoms with Gasteiger partial charge in [0.2, 0.25) is 23.6 Å². The molecule has 1 heterocycles. The summed E-state index contributed by atoms with van der Waals surface area (Å²) >= 11 is 0. The number of aliphatic hydroxyl groups is 1. The molecule has 0 aliphatic heterocycles. The second-order valence-electron chi connectivity index (χ2n) is 7.34. The summed E-state index contributed by atoms with van der Waals surface area (Å²) in [6.07, 6.45) is -0.487. The molecule has 0 radical (unpaired) electrons. The second kappa shape index (κ2) is 12.9. The number of carbonyl (C=O) groups is 6. The molecule has 0 spiro atoms. The molecule has 34 heavy (non-hydrogen) atoms. The number of amides is 4. The van der Waals surface area contributed by atoms with E-state index in [0.717, 1.165) is 6.92 Å². The molecule has 0 saturated heterocycles. The van der Waals surface area contributed by atoms with Crippen LogP contribution in [0.25, 0.3) is 0 Å². The maximum Gasteiger partial charge on any atom is 0.326 e. The zero-order valence-electron chi connectivity index (χ0n) is 18.1. The highest BCUT2D eigenvalue weighted by atomic mass is 16.4. The Morgan fingerprint density at radius 2 is 1.62 bits per heavy atom. The number of carbonyl (C=O) groups excluding carboxylic acids is 4. The first-order chi connectivity index (χ1) is 15.8. The van der Waals surface area contributed by atoms with Crippen LogP contribution in [0.2, 0.25) is 0 Å². The van der Waals surface area contributed by atoms with Crippen molar-refractivity contribution in [1.82, 2.24) is 25.9 Å². The molecule has 4 amide bonds. The Balaban J connectivity index is 3.03. The highest BCUT2D eigenvalue weighted by Gasteiger charge is 2.33. The predicted molar refractivity (Wildman–Crippen MR) is 111 cm³/mol. The normalized spacial score (nSPS) is 15.1. The van der Waals surface area contributed by atoms with E-state index in [-0.39, 0.29) is 6.42 Å². The van der Waals surface area contributed by atoms with E-state index >= 15 is 0 Å². The lowest BCUT2D eigenvalue weighted by Gasteiger charge is -2.26. The van der Waals surface area contributed by atoms with Gasteiger partial charge in [0.25, 0.3) is 0 Å². The molecule has 16 nitrogen and oxygen atoms in total. The van der Waals surface area contributed by atoms with Crippen LogP contribution in [0, 0.1) is 0 Å². The Kier molecular flexibility index (Phi) is 10.6. The smallest absolute Gasteiger partial charge is 0.326 e. The number of nitrogens with one attached hydrogen (secondary N) is 4. The Morgan fingerprint density at radius 1 is 1.00 bits per heavy atom. The average molecular weight is 485 g/mol. The van der Waals surface area contributed by atoms with Crippen LogP contribution >= 0.6 is 0 Å². The first-order valence-corrected chi connectivity index (χ1v) is 9.86. The van der Waals surface area contributed by atoms with Gasteiger partial charge in [-0.2, -0.15) is 0 Å². The summed E-state index contributed by atoms with van der Waals surface area (Å²) in [6.45, 7) is 1.14. The summed E-state index contributed by atoms with van der Waals surface area (Å²) in [5.41, 5.74) is 10.9. The molecule has 0 aromatic carbocycles. The van der Waals surface area contributed by atoms with Gasteiger partial charge in [0, 0.05) is 18.3 Å². The van der Waals surface area contributed by atoms with Crippen molar-refractivity contribution in [2.45, 2.75) is 56.5 Å². The van der Waals surface area contributed by atoms with Gasteiger partial charge < -0.3 is 47.7 Å². The van der Waals surface area contributed by atoms with Crippen LogP contribution in [0.5, 0.6) is 0 Å². The Hall–Kier alpha value is -4.05. The number of aromatic amines is 1. The van der Waals surface area contributed by atoms with Gasteiger partial charge in [-0.3, -0.25) is 24.0 Å². The number of nitrogens with zero attached hydrogens (tertiary/aromatic N) is 1. The van der Waals surface area contributed by atoms with Crippen molar-refractivity contribution < 1.29 is 44.1 Å². The van der Waals surface area contributed by atoms with Crippen molar-refractivity contribution in [3.63, 3.8) is 0 Å². The number of hydrogen-bond acceptors (Lipinski definition) is 9.